The predicted molar refractivity (Wildman–Crippen MR) is 77.3 cm³/mol. The van der Waals surface area contributed by atoms with Crippen molar-refractivity contribution < 1.29 is 0 Å². The monoisotopic (exact) mass is 308 g/mol. The van der Waals surface area contributed by atoms with Crippen LogP contribution in [0.4, 0.5) is 5.82 Å². The highest BCUT2D eigenvalue weighted by molar-refractivity contribution is 9.10. The van der Waals surface area contributed by atoms with Crippen LogP contribution in [0, 0.1) is 13.8 Å². The lowest BCUT2D eigenvalue weighted by Crippen LogP contribution is -2.06. The summed E-state index contributed by atoms with van der Waals surface area (Å²) >= 11 is 3.53. The van der Waals surface area contributed by atoms with Crippen molar-refractivity contribution in [3.8, 4) is 5.82 Å². The molecule has 2 heterocycles. The lowest BCUT2D eigenvalue weighted by molar-refractivity contribution is 0.805. The summed E-state index contributed by atoms with van der Waals surface area (Å²) in [6, 6.07) is 5.92. The second kappa shape index (κ2) is 5.52. The zero-order valence-corrected chi connectivity index (χ0v) is 12.5. The van der Waals surface area contributed by atoms with Gasteiger partial charge in [-0.1, -0.05) is 13.0 Å². The minimum absolute atomic E-state index is 0.836. The summed E-state index contributed by atoms with van der Waals surface area (Å²) in [5, 5.41) is 7.76. The molecule has 2 rings (SSSR count). The SMILES string of the molecule is CCCNc1cccc(-n2nc(C)c(Br)c2C)n1. The van der Waals surface area contributed by atoms with Crippen LogP contribution in [-0.4, -0.2) is 21.3 Å². The number of hydrogen-bond donors (Lipinski definition) is 1. The summed E-state index contributed by atoms with van der Waals surface area (Å²) in [5.74, 6) is 1.72. The summed E-state index contributed by atoms with van der Waals surface area (Å²) in [7, 11) is 0. The topological polar surface area (TPSA) is 42.7 Å². The number of rotatable bonds is 4. The Labute approximate surface area is 116 Å². The van der Waals surface area contributed by atoms with Crippen molar-refractivity contribution in [3.63, 3.8) is 0 Å². The second-order valence-electron chi connectivity index (χ2n) is 4.20. The van der Waals surface area contributed by atoms with Crippen LogP contribution in [-0.2, 0) is 0 Å². The van der Waals surface area contributed by atoms with Gasteiger partial charge in [-0.25, -0.2) is 9.67 Å². The molecule has 0 fully saturated rings. The molecular formula is C13H17BrN4. The molecule has 0 bridgehead atoms. The van der Waals surface area contributed by atoms with Crippen molar-refractivity contribution in [2.24, 2.45) is 0 Å². The lowest BCUT2D eigenvalue weighted by Gasteiger charge is -2.07. The normalized spacial score (nSPS) is 10.7. The van der Waals surface area contributed by atoms with E-state index in [2.05, 4.69) is 38.3 Å². The quantitative estimate of drug-likeness (QED) is 0.940. The van der Waals surface area contributed by atoms with Gasteiger partial charge >= 0.3 is 0 Å². The van der Waals surface area contributed by atoms with Gasteiger partial charge in [0.05, 0.1) is 15.9 Å². The third-order valence-corrected chi connectivity index (χ3v) is 3.86. The molecular weight excluding hydrogens is 292 g/mol. The highest BCUT2D eigenvalue weighted by Gasteiger charge is 2.11. The first-order valence-corrected chi connectivity index (χ1v) is 6.85. The smallest absolute Gasteiger partial charge is 0.156 e. The fourth-order valence-electron chi connectivity index (χ4n) is 1.74. The predicted octanol–water partition coefficient (Wildman–Crippen LogP) is 3.47. The molecule has 0 saturated heterocycles. The third kappa shape index (κ3) is 2.56. The van der Waals surface area contributed by atoms with Gasteiger partial charge in [-0.2, -0.15) is 5.10 Å². The summed E-state index contributed by atoms with van der Waals surface area (Å²) in [4.78, 5) is 4.56. The van der Waals surface area contributed by atoms with Crippen LogP contribution in [0.3, 0.4) is 0 Å². The van der Waals surface area contributed by atoms with E-state index in [0.29, 0.717) is 0 Å². The van der Waals surface area contributed by atoms with Gasteiger partial charge in [-0.05, 0) is 48.3 Å². The molecule has 0 aliphatic heterocycles. The van der Waals surface area contributed by atoms with E-state index in [9.17, 15) is 0 Å². The van der Waals surface area contributed by atoms with Crippen molar-refractivity contribution in [2.75, 3.05) is 11.9 Å². The first kappa shape index (κ1) is 13.1. The van der Waals surface area contributed by atoms with Crippen molar-refractivity contribution in [1.29, 1.82) is 0 Å². The van der Waals surface area contributed by atoms with Crippen molar-refractivity contribution >= 4 is 21.7 Å². The van der Waals surface area contributed by atoms with Gasteiger partial charge in [0.2, 0.25) is 0 Å². The Kier molecular flexibility index (Phi) is 4.01. The number of aromatic nitrogens is 3. The van der Waals surface area contributed by atoms with Crippen molar-refractivity contribution in [1.82, 2.24) is 14.8 Å². The molecule has 0 aliphatic rings. The highest BCUT2D eigenvalue weighted by Crippen LogP contribution is 2.22. The molecule has 0 atom stereocenters. The fourth-order valence-corrected chi connectivity index (χ4v) is 1.99. The van der Waals surface area contributed by atoms with Crippen LogP contribution in [0.15, 0.2) is 22.7 Å². The first-order valence-electron chi connectivity index (χ1n) is 6.06. The van der Waals surface area contributed by atoms with E-state index in [1.54, 1.807) is 0 Å². The number of aryl methyl sites for hydroxylation is 1. The number of nitrogens with one attached hydrogen (secondary N) is 1. The Morgan fingerprint density at radius 1 is 1.33 bits per heavy atom. The van der Waals surface area contributed by atoms with Crippen LogP contribution in [0.1, 0.15) is 24.7 Å². The molecule has 0 aliphatic carbocycles. The standard InChI is InChI=1S/C13H17BrN4/c1-4-8-15-11-6-5-7-12(16-11)18-10(3)13(14)9(2)17-18/h5-7H,4,8H2,1-3H3,(H,15,16). The van der Waals surface area contributed by atoms with Gasteiger partial charge < -0.3 is 5.32 Å². The molecule has 0 spiro atoms. The van der Waals surface area contributed by atoms with E-state index in [4.69, 9.17) is 0 Å². The molecule has 2 aromatic heterocycles. The minimum Gasteiger partial charge on any atom is -0.370 e. The van der Waals surface area contributed by atoms with E-state index in [0.717, 1.165) is 40.5 Å². The molecule has 0 amide bonds. The molecule has 4 nitrogen and oxygen atoms in total. The van der Waals surface area contributed by atoms with E-state index >= 15 is 0 Å². The average Bonchev–Trinajstić information content (AvgIpc) is 2.64. The van der Waals surface area contributed by atoms with Gasteiger partial charge in [-0.15, -0.1) is 0 Å². The van der Waals surface area contributed by atoms with Gasteiger partial charge in [0.25, 0.3) is 0 Å². The number of hydrogen-bond acceptors (Lipinski definition) is 3. The number of nitrogens with zero attached hydrogens (tertiary/aromatic N) is 3. The Bertz CT molecular complexity index is 548. The summed E-state index contributed by atoms with van der Waals surface area (Å²) in [5.41, 5.74) is 2.04. The maximum atomic E-state index is 4.56. The van der Waals surface area contributed by atoms with Crippen molar-refractivity contribution in [2.45, 2.75) is 27.2 Å². The van der Waals surface area contributed by atoms with Crippen LogP contribution < -0.4 is 5.32 Å². The molecule has 2 aromatic rings. The Balaban J connectivity index is 2.35. The summed E-state index contributed by atoms with van der Waals surface area (Å²) in [6.07, 6.45) is 1.08. The summed E-state index contributed by atoms with van der Waals surface area (Å²) in [6.45, 7) is 7.07. The third-order valence-electron chi connectivity index (χ3n) is 2.71. The van der Waals surface area contributed by atoms with Gasteiger partial charge in [0, 0.05) is 6.54 Å². The summed E-state index contributed by atoms with van der Waals surface area (Å²) < 4.78 is 2.90. The highest BCUT2D eigenvalue weighted by atomic mass is 79.9. The van der Waals surface area contributed by atoms with E-state index in [1.807, 2.05) is 36.7 Å². The maximum absolute atomic E-state index is 4.56. The maximum Gasteiger partial charge on any atom is 0.156 e. The average molecular weight is 309 g/mol. The molecule has 0 saturated carbocycles. The second-order valence-corrected chi connectivity index (χ2v) is 5.00. The number of halogens is 1. The molecule has 1 N–H and O–H groups in total. The zero-order chi connectivity index (χ0) is 13.1. The van der Waals surface area contributed by atoms with Gasteiger partial charge in [0.15, 0.2) is 5.82 Å². The molecule has 0 unspecified atom stereocenters. The molecule has 5 heteroatoms. The van der Waals surface area contributed by atoms with E-state index in [1.165, 1.54) is 0 Å². The zero-order valence-electron chi connectivity index (χ0n) is 10.9. The van der Waals surface area contributed by atoms with Gasteiger partial charge in [0.1, 0.15) is 5.82 Å². The van der Waals surface area contributed by atoms with Crippen LogP contribution in [0.5, 0.6) is 0 Å². The number of pyridine rings is 1. The fraction of sp³-hybridized carbons (Fsp3) is 0.385. The Hall–Kier alpha value is -1.36. The Morgan fingerprint density at radius 3 is 2.72 bits per heavy atom. The largest absolute Gasteiger partial charge is 0.370 e. The Morgan fingerprint density at radius 2 is 2.11 bits per heavy atom. The lowest BCUT2D eigenvalue weighted by atomic mass is 10.4. The van der Waals surface area contributed by atoms with E-state index < -0.39 is 0 Å². The molecule has 0 radical (unpaired) electrons. The van der Waals surface area contributed by atoms with Crippen LogP contribution in [0.2, 0.25) is 0 Å². The van der Waals surface area contributed by atoms with Crippen LogP contribution in [0.25, 0.3) is 5.82 Å². The van der Waals surface area contributed by atoms with Crippen LogP contribution >= 0.6 is 15.9 Å². The number of anilines is 1. The molecule has 96 valence electrons. The van der Waals surface area contributed by atoms with E-state index in [-0.39, 0.29) is 0 Å². The van der Waals surface area contributed by atoms with Crippen molar-refractivity contribution in [3.05, 3.63) is 34.1 Å². The van der Waals surface area contributed by atoms with Gasteiger partial charge in [-0.3, -0.25) is 0 Å². The first-order chi connectivity index (χ1) is 8.63. The minimum atomic E-state index is 0.836. The molecule has 18 heavy (non-hydrogen) atoms. The molecule has 0 aromatic carbocycles.